The van der Waals surface area contributed by atoms with Crippen LogP contribution in [-0.2, 0) is 10.8 Å². The molecular weight excluding hydrogens is 587 g/mol. The number of hydrogen-bond acceptors (Lipinski definition) is 4. The Bertz CT molecular complexity index is 2040. The van der Waals surface area contributed by atoms with E-state index in [1.54, 1.807) is 0 Å². The molecule has 5 aromatic carbocycles. The molecule has 3 aliphatic rings. The third kappa shape index (κ3) is 4.81. The molecule has 3 heterocycles. The number of benzene rings is 5. The lowest BCUT2D eigenvalue weighted by Gasteiger charge is -2.45. The van der Waals surface area contributed by atoms with Crippen LogP contribution in [0.4, 0.5) is 34.1 Å². The highest BCUT2D eigenvalue weighted by Crippen LogP contribution is 2.50. The van der Waals surface area contributed by atoms with E-state index in [0.29, 0.717) is 19.1 Å². The average Bonchev–Trinajstić information content (AvgIpc) is 3.07. The fourth-order valence-corrected chi connectivity index (χ4v) is 7.64. The highest BCUT2D eigenvalue weighted by molar-refractivity contribution is 7.00. The summed E-state index contributed by atoms with van der Waals surface area (Å²) >= 11 is 0. The van der Waals surface area contributed by atoms with Crippen LogP contribution in [0.3, 0.4) is 0 Å². The van der Waals surface area contributed by atoms with Crippen molar-refractivity contribution in [3.8, 4) is 11.5 Å². The van der Waals surface area contributed by atoms with Crippen molar-refractivity contribution < 1.29 is 9.47 Å². The summed E-state index contributed by atoms with van der Waals surface area (Å²) in [7, 11) is 0. The fraction of sp³-hybridized carbons (Fsp3) is 0.302. The second-order valence-corrected chi connectivity index (χ2v) is 15.9. The van der Waals surface area contributed by atoms with E-state index in [1.807, 2.05) is 0 Å². The molecule has 4 nitrogen and oxygen atoms in total. The lowest BCUT2D eigenvalue weighted by atomic mass is 9.33. The van der Waals surface area contributed by atoms with Crippen molar-refractivity contribution >= 4 is 57.2 Å². The van der Waals surface area contributed by atoms with Crippen LogP contribution in [0.2, 0.25) is 0 Å². The van der Waals surface area contributed by atoms with E-state index in [0.717, 1.165) is 22.9 Å². The first-order valence-corrected chi connectivity index (χ1v) is 17.4. The minimum Gasteiger partial charge on any atom is -0.486 e. The maximum absolute atomic E-state index is 6.53. The third-order valence-electron chi connectivity index (χ3n) is 10.3. The van der Waals surface area contributed by atoms with Crippen LogP contribution in [0, 0.1) is 0 Å². The van der Waals surface area contributed by atoms with Gasteiger partial charge in [0.15, 0.2) is 11.5 Å². The molecule has 5 aromatic rings. The van der Waals surface area contributed by atoms with Crippen molar-refractivity contribution in [1.82, 2.24) is 0 Å². The van der Waals surface area contributed by atoms with E-state index in [-0.39, 0.29) is 17.5 Å². The van der Waals surface area contributed by atoms with E-state index in [4.69, 9.17) is 9.47 Å². The summed E-state index contributed by atoms with van der Waals surface area (Å²) in [6.45, 7) is 19.5. The monoisotopic (exact) mass is 632 g/mol. The Morgan fingerprint density at radius 3 is 1.90 bits per heavy atom. The van der Waals surface area contributed by atoms with E-state index < -0.39 is 0 Å². The number of hydrogen-bond donors (Lipinski definition) is 0. The molecule has 0 N–H and O–H groups in total. The van der Waals surface area contributed by atoms with E-state index in [1.165, 1.54) is 55.8 Å². The zero-order valence-corrected chi connectivity index (χ0v) is 29.5. The molecule has 3 aliphatic heterocycles. The van der Waals surface area contributed by atoms with Crippen LogP contribution < -0.4 is 35.7 Å². The number of rotatable bonds is 3. The Kier molecular flexibility index (Phi) is 7.00. The van der Waals surface area contributed by atoms with Crippen LogP contribution in [0.25, 0.3) is 0 Å². The molecule has 0 spiro atoms. The number of ether oxygens (including phenoxy) is 2. The minimum atomic E-state index is -0.000795. The first-order valence-electron chi connectivity index (χ1n) is 17.4. The van der Waals surface area contributed by atoms with Crippen molar-refractivity contribution in [1.29, 1.82) is 0 Å². The molecule has 0 unspecified atom stereocenters. The summed E-state index contributed by atoms with van der Waals surface area (Å²) in [4.78, 5) is 4.95. The third-order valence-corrected chi connectivity index (χ3v) is 10.3. The first kappa shape index (κ1) is 30.7. The lowest BCUT2D eigenvalue weighted by molar-refractivity contribution is 0.172. The molecule has 0 aliphatic carbocycles. The van der Waals surface area contributed by atoms with Gasteiger partial charge < -0.3 is 19.3 Å². The summed E-state index contributed by atoms with van der Waals surface area (Å²) in [5.41, 5.74) is 15.0. The highest BCUT2D eigenvalue weighted by atomic mass is 16.6. The van der Waals surface area contributed by atoms with Crippen LogP contribution in [0.5, 0.6) is 11.5 Å². The normalized spacial score (nSPS) is 14.9. The predicted molar refractivity (Wildman–Crippen MR) is 203 cm³/mol. The molecule has 0 amide bonds. The van der Waals surface area contributed by atoms with Gasteiger partial charge >= 0.3 is 0 Å². The Hall–Kier alpha value is -4.64. The molecule has 0 aromatic heterocycles. The van der Waals surface area contributed by atoms with Crippen molar-refractivity contribution in [3.63, 3.8) is 0 Å². The maximum atomic E-state index is 6.53. The molecule has 0 saturated heterocycles. The van der Waals surface area contributed by atoms with E-state index >= 15 is 0 Å². The molecule has 5 heteroatoms. The van der Waals surface area contributed by atoms with Gasteiger partial charge in [-0.05, 0) is 98.4 Å². The van der Waals surface area contributed by atoms with Gasteiger partial charge in [0.25, 0.3) is 6.71 Å². The van der Waals surface area contributed by atoms with Gasteiger partial charge in [-0.2, -0.15) is 0 Å². The smallest absolute Gasteiger partial charge is 0.252 e. The molecule has 0 radical (unpaired) electrons. The van der Waals surface area contributed by atoms with Crippen LogP contribution in [0.1, 0.15) is 78.0 Å². The zero-order valence-electron chi connectivity index (χ0n) is 29.5. The molecule has 48 heavy (non-hydrogen) atoms. The van der Waals surface area contributed by atoms with Gasteiger partial charge in [-0.25, -0.2) is 0 Å². The van der Waals surface area contributed by atoms with Gasteiger partial charge in [0.2, 0.25) is 0 Å². The molecule has 8 rings (SSSR count). The summed E-state index contributed by atoms with van der Waals surface area (Å²) in [6, 6.07) is 36.4. The number of para-hydroxylation sites is 1. The lowest BCUT2D eigenvalue weighted by Crippen LogP contribution is -2.61. The molecular formula is C43H45BN2O2. The zero-order chi connectivity index (χ0) is 33.5. The standard InChI is InChI=1S/C43H45BN2O2/c1-27(2)28-24-36-39-37(25-28)46(31-12-10-9-11-13-31)40-33(19-21-38-41(40)48-23-22-47-38)44(39)34-26-30(43(6,7)8)16-20-35(34)45(36)32-17-14-29(15-18-32)42(3,4)5/h9-21,24-27H,22-23H2,1-8H3. The minimum absolute atomic E-state index is 0.000795. The SMILES string of the molecule is CC(C)c1cc2c3c(c1)N(c1ccccc1)c1c(ccc4c1OCCO4)B3c1cc(C(C)(C)C)ccc1N2c1ccc(C(C)(C)C)cc1. The van der Waals surface area contributed by atoms with Gasteiger partial charge in [0.05, 0.1) is 5.69 Å². The molecule has 0 fully saturated rings. The van der Waals surface area contributed by atoms with Gasteiger partial charge in [0.1, 0.15) is 13.2 Å². The van der Waals surface area contributed by atoms with Crippen molar-refractivity contribution in [3.05, 3.63) is 114 Å². The van der Waals surface area contributed by atoms with Gasteiger partial charge in [-0.3, -0.25) is 0 Å². The van der Waals surface area contributed by atoms with Crippen LogP contribution in [0.15, 0.2) is 97.1 Å². The maximum Gasteiger partial charge on any atom is 0.252 e. The second-order valence-electron chi connectivity index (χ2n) is 15.9. The first-order chi connectivity index (χ1) is 22.9. The topological polar surface area (TPSA) is 24.9 Å². The van der Waals surface area contributed by atoms with E-state index in [9.17, 15) is 0 Å². The van der Waals surface area contributed by atoms with Gasteiger partial charge in [0, 0.05) is 28.4 Å². The van der Waals surface area contributed by atoms with Gasteiger partial charge in [-0.1, -0.05) is 104 Å². The van der Waals surface area contributed by atoms with Gasteiger partial charge in [-0.15, -0.1) is 0 Å². The van der Waals surface area contributed by atoms with Crippen LogP contribution >= 0.6 is 0 Å². The molecule has 0 atom stereocenters. The Labute approximate surface area is 286 Å². The average molecular weight is 633 g/mol. The Morgan fingerprint density at radius 1 is 0.604 bits per heavy atom. The number of fused-ring (bicyclic) bond motifs is 6. The Balaban J connectivity index is 1.49. The molecule has 0 bridgehead atoms. The summed E-state index contributed by atoms with van der Waals surface area (Å²) in [5.74, 6) is 1.98. The molecule has 0 saturated carbocycles. The van der Waals surface area contributed by atoms with Crippen LogP contribution in [-0.4, -0.2) is 19.9 Å². The highest BCUT2D eigenvalue weighted by Gasteiger charge is 2.46. The van der Waals surface area contributed by atoms with E-state index in [2.05, 4.69) is 162 Å². The Morgan fingerprint density at radius 2 is 1.23 bits per heavy atom. The number of nitrogens with zero attached hydrogens (tertiary/aromatic N) is 2. The largest absolute Gasteiger partial charge is 0.486 e. The second kappa shape index (κ2) is 10.9. The predicted octanol–water partition coefficient (Wildman–Crippen LogP) is 9.26. The fourth-order valence-electron chi connectivity index (χ4n) is 7.64. The van der Waals surface area contributed by atoms with Crippen molar-refractivity contribution in [2.75, 3.05) is 23.0 Å². The van der Waals surface area contributed by atoms with Crippen molar-refractivity contribution in [2.45, 2.75) is 72.1 Å². The van der Waals surface area contributed by atoms with Crippen molar-refractivity contribution in [2.24, 2.45) is 0 Å². The summed E-state index contributed by atoms with van der Waals surface area (Å²) < 4.78 is 12.7. The summed E-state index contributed by atoms with van der Waals surface area (Å²) in [6.07, 6.45) is 0. The number of anilines is 6. The quantitative estimate of drug-likeness (QED) is 0.181. The summed E-state index contributed by atoms with van der Waals surface area (Å²) in [5, 5.41) is 0. The molecule has 242 valence electrons.